The fraction of sp³-hybridized carbons (Fsp3) is 0.353. The van der Waals surface area contributed by atoms with Crippen LogP contribution in [0.4, 0.5) is 11.6 Å². The molecule has 0 unspecified atom stereocenters. The van der Waals surface area contributed by atoms with Crippen molar-refractivity contribution in [3.8, 4) is 11.5 Å². The summed E-state index contributed by atoms with van der Waals surface area (Å²) in [5.74, 6) is 1.71. The van der Waals surface area contributed by atoms with Crippen molar-refractivity contribution in [2.45, 2.75) is 25.7 Å². The van der Waals surface area contributed by atoms with E-state index in [4.69, 9.17) is 15.2 Å². The number of guanidine groups is 1. The maximum absolute atomic E-state index is 12.1. The quantitative estimate of drug-likeness (QED) is 0.563. The van der Waals surface area contributed by atoms with Crippen LogP contribution in [0.25, 0.3) is 0 Å². The predicted octanol–water partition coefficient (Wildman–Crippen LogP) is 1.48. The summed E-state index contributed by atoms with van der Waals surface area (Å²) in [6, 6.07) is 5.42. The molecule has 130 valence electrons. The molecule has 2 aromatic rings. The molecule has 2 heterocycles. The van der Waals surface area contributed by atoms with Crippen LogP contribution < -0.4 is 26.1 Å². The molecule has 1 aromatic heterocycles. The van der Waals surface area contributed by atoms with E-state index in [0.29, 0.717) is 30.4 Å². The first kappa shape index (κ1) is 15.5. The lowest BCUT2D eigenvalue weighted by Gasteiger charge is -2.19. The number of aromatic amines is 1. The molecule has 0 bridgehead atoms. The van der Waals surface area contributed by atoms with Crippen molar-refractivity contribution >= 4 is 17.6 Å². The molecule has 4 N–H and O–H groups in total. The van der Waals surface area contributed by atoms with Crippen LogP contribution in [0, 0.1) is 0 Å². The van der Waals surface area contributed by atoms with Crippen molar-refractivity contribution in [3.63, 3.8) is 0 Å². The molecule has 0 atom stereocenters. The zero-order valence-electron chi connectivity index (χ0n) is 13.7. The van der Waals surface area contributed by atoms with Crippen LogP contribution in [-0.2, 0) is 12.8 Å². The van der Waals surface area contributed by atoms with Gasteiger partial charge < -0.3 is 20.5 Å². The number of benzene rings is 1. The summed E-state index contributed by atoms with van der Waals surface area (Å²) in [5, 5.41) is 2.97. The molecule has 0 radical (unpaired) electrons. The number of aliphatic imine (C=N–C) groups is 1. The molecule has 0 spiro atoms. The minimum Gasteiger partial charge on any atom is -0.486 e. The third-order valence-electron chi connectivity index (χ3n) is 4.22. The number of nitrogens with two attached hydrogens (primary N) is 1. The second-order valence-corrected chi connectivity index (χ2v) is 6.00. The number of aromatic nitrogens is 2. The second kappa shape index (κ2) is 6.46. The number of fused-ring (bicyclic) bond motifs is 2. The Morgan fingerprint density at radius 1 is 1.20 bits per heavy atom. The molecule has 8 heteroatoms. The SMILES string of the molecule is NC(=Nc1nc2c(c(=O)[nH]1)CCCC2)Nc1ccc2c(c1)OCCO2. The van der Waals surface area contributed by atoms with Crippen molar-refractivity contribution in [1.29, 1.82) is 0 Å². The zero-order valence-corrected chi connectivity index (χ0v) is 13.7. The summed E-state index contributed by atoms with van der Waals surface area (Å²) in [7, 11) is 0. The summed E-state index contributed by atoms with van der Waals surface area (Å²) in [6.45, 7) is 1.06. The van der Waals surface area contributed by atoms with Gasteiger partial charge in [0.05, 0.1) is 5.69 Å². The monoisotopic (exact) mass is 341 g/mol. The van der Waals surface area contributed by atoms with Crippen LogP contribution in [0.5, 0.6) is 11.5 Å². The van der Waals surface area contributed by atoms with Crippen molar-refractivity contribution in [2.24, 2.45) is 10.7 Å². The van der Waals surface area contributed by atoms with Crippen LogP contribution in [0.2, 0.25) is 0 Å². The van der Waals surface area contributed by atoms with E-state index in [0.717, 1.165) is 36.9 Å². The van der Waals surface area contributed by atoms with Gasteiger partial charge in [-0.15, -0.1) is 0 Å². The highest BCUT2D eigenvalue weighted by Gasteiger charge is 2.16. The third-order valence-corrected chi connectivity index (χ3v) is 4.22. The topological polar surface area (TPSA) is 115 Å². The van der Waals surface area contributed by atoms with Crippen LogP contribution in [0.1, 0.15) is 24.1 Å². The molecule has 2 aliphatic rings. The van der Waals surface area contributed by atoms with Gasteiger partial charge in [0.1, 0.15) is 13.2 Å². The Balaban J connectivity index is 1.55. The Hall–Kier alpha value is -3.03. The Morgan fingerprint density at radius 3 is 2.88 bits per heavy atom. The molecule has 1 aliphatic carbocycles. The van der Waals surface area contributed by atoms with Crippen molar-refractivity contribution in [1.82, 2.24) is 9.97 Å². The van der Waals surface area contributed by atoms with Gasteiger partial charge in [-0.25, -0.2) is 4.98 Å². The van der Waals surface area contributed by atoms with E-state index in [1.165, 1.54) is 0 Å². The summed E-state index contributed by atoms with van der Waals surface area (Å²) in [6.07, 6.45) is 3.63. The maximum atomic E-state index is 12.1. The number of nitrogens with one attached hydrogen (secondary N) is 2. The van der Waals surface area contributed by atoms with Gasteiger partial charge in [0.15, 0.2) is 11.5 Å². The van der Waals surface area contributed by atoms with E-state index in [1.807, 2.05) is 12.1 Å². The van der Waals surface area contributed by atoms with E-state index in [-0.39, 0.29) is 17.5 Å². The summed E-state index contributed by atoms with van der Waals surface area (Å²) >= 11 is 0. The average Bonchev–Trinajstić information content (AvgIpc) is 2.61. The standard InChI is InChI=1S/C17H19N5O3/c18-16(19-10-5-6-13-14(9-10)25-8-7-24-13)22-17-20-12-4-2-1-3-11(12)15(23)21-17/h5-6,9H,1-4,7-8H2,(H4,18,19,20,21,22,23). The van der Waals surface area contributed by atoms with Gasteiger partial charge in [0.25, 0.3) is 5.56 Å². The molecule has 1 aromatic carbocycles. The molecule has 0 saturated heterocycles. The van der Waals surface area contributed by atoms with E-state index >= 15 is 0 Å². The average molecular weight is 341 g/mol. The highest BCUT2D eigenvalue weighted by Crippen LogP contribution is 2.32. The van der Waals surface area contributed by atoms with Gasteiger partial charge in [-0.05, 0) is 37.8 Å². The number of hydrogen-bond acceptors (Lipinski definition) is 5. The fourth-order valence-electron chi connectivity index (χ4n) is 3.05. The number of ether oxygens (including phenoxy) is 2. The minimum absolute atomic E-state index is 0.129. The second-order valence-electron chi connectivity index (χ2n) is 6.00. The number of anilines is 1. The molecule has 25 heavy (non-hydrogen) atoms. The molecule has 8 nitrogen and oxygen atoms in total. The van der Waals surface area contributed by atoms with Gasteiger partial charge in [0.2, 0.25) is 11.9 Å². The first-order valence-electron chi connectivity index (χ1n) is 8.32. The molecule has 0 fully saturated rings. The van der Waals surface area contributed by atoms with E-state index in [1.54, 1.807) is 6.07 Å². The minimum atomic E-state index is -0.129. The first-order chi connectivity index (χ1) is 12.2. The lowest BCUT2D eigenvalue weighted by atomic mass is 9.97. The van der Waals surface area contributed by atoms with E-state index in [2.05, 4.69) is 20.3 Å². The number of hydrogen-bond donors (Lipinski definition) is 3. The number of H-pyrrole nitrogens is 1. The lowest BCUT2D eigenvalue weighted by Crippen LogP contribution is -2.24. The van der Waals surface area contributed by atoms with Gasteiger partial charge >= 0.3 is 0 Å². The maximum Gasteiger partial charge on any atom is 0.255 e. The van der Waals surface area contributed by atoms with Crippen LogP contribution >= 0.6 is 0 Å². The Kier molecular flexibility index (Phi) is 4.01. The molecule has 0 amide bonds. The van der Waals surface area contributed by atoms with Gasteiger partial charge in [-0.3, -0.25) is 9.78 Å². The molecular formula is C17H19N5O3. The van der Waals surface area contributed by atoms with Crippen LogP contribution in [-0.4, -0.2) is 29.1 Å². The highest BCUT2D eigenvalue weighted by molar-refractivity contribution is 5.93. The van der Waals surface area contributed by atoms with Crippen molar-refractivity contribution in [2.75, 3.05) is 18.5 Å². The first-order valence-corrected chi connectivity index (χ1v) is 8.32. The third kappa shape index (κ3) is 3.28. The van der Waals surface area contributed by atoms with Crippen molar-refractivity contribution < 1.29 is 9.47 Å². The molecule has 0 saturated carbocycles. The summed E-state index contributed by atoms with van der Waals surface area (Å²) in [4.78, 5) is 23.4. The van der Waals surface area contributed by atoms with Gasteiger partial charge in [-0.2, -0.15) is 4.99 Å². The Morgan fingerprint density at radius 2 is 2.00 bits per heavy atom. The largest absolute Gasteiger partial charge is 0.486 e. The lowest BCUT2D eigenvalue weighted by molar-refractivity contribution is 0.171. The van der Waals surface area contributed by atoms with Gasteiger partial charge in [0, 0.05) is 17.3 Å². The number of rotatable bonds is 2. The summed E-state index contributed by atoms with van der Waals surface area (Å²) < 4.78 is 11.0. The number of nitrogens with zero attached hydrogens (tertiary/aromatic N) is 2. The normalized spacial score (nSPS) is 16.2. The zero-order chi connectivity index (χ0) is 17.2. The number of aryl methyl sites for hydroxylation is 1. The smallest absolute Gasteiger partial charge is 0.255 e. The van der Waals surface area contributed by atoms with Crippen LogP contribution in [0.15, 0.2) is 28.0 Å². The van der Waals surface area contributed by atoms with Crippen molar-refractivity contribution in [3.05, 3.63) is 39.8 Å². The molecular weight excluding hydrogens is 322 g/mol. The molecule has 1 aliphatic heterocycles. The van der Waals surface area contributed by atoms with Gasteiger partial charge in [-0.1, -0.05) is 0 Å². The molecule has 4 rings (SSSR count). The van der Waals surface area contributed by atoms with E-state index < -0.39 is 0 Å². The van der Waals surface area contributed by atoms with Crippen LogP contribution in [0.3, 0.4) is 0 Å². The van der Waals surface area contributed by atoms with E-state index in [9.17, 15) is 4.79 Å². The summed E-state index contributed by atoms with van der Waals surface area (Å²) in [5.41, 5.74) is 8.12. The highest BCUT2D eigenvalue weighted by atomic mass is 16.6. The fourth-order valence-corrected chi connectivity index (χ4v) is 3.05. The predicted molar refractivity (Wildman–Crippen MR) is 93.8 cm³/mol. The Bertz CT molecular complexity index is 890. The Labute approximate surface area is 144 Å².